The minimum absolute atomic E-state index is 0.0479. The number of carbonyl (C=O) groups is 2. The van der Waals surface area contributed by atoms with E-state index in [0.717, 1.165) is 33.3 Å². The molecule has 31 heavy (non-hydrogen) atoms. The first-order valence-electron chi connectivity index (χ1n) is 8.84. The Labute approximate surface area is 187 Å². The first-order valence-corrected chi connectivity index (χ1v) is 11.0. The van der Waals surface area contributed by atoms with Crippen LogP contribution >= 0.6 is 34.7 Å². The summed E-state index contributed by atoms with van der Waals surface area (Å²) in [5.74, 6) is -1.18. The van der Waals surface area contributed by atoms with Crippen LogP contribution in [0.15, 0.2) is 17.4 Å². The predicted molar refractivity (Wildman–Crippen MR) is 112 cm³/mol. The van der Waals surface area contributed by atoms with Crippen molar-refractivity contribution in [3.63, 3.8) is 0 Å². The van der Waals surface area contributed by atoms with Crippen LogP contribution in [0.5, 0.6) is 0 Å². The number of nitrogens with zero attached hydrogens (tertiary/aromatic N) is 3. The minimum Gasteiger partial charge on any atom is -0.462 e. The number of thioether (sulfide) groups is 1. The molecule has 166 valence electrons. The van der Waals surface area contributed by atoms with Crippen molar-refractivity contribution in [2.75, 3.05) is 17.7 Å². The monoisotopic (exact) mass is 492 g/mol. The fourth-order valence-electron chi connectivity index (χ4n) is 2.64. The molecule has 3 rings (SSSR count). The Balaban J connectivity index is 1.78. The number of carbonyl (C=O) groups excluding carboxylic acids is 2. The number of hydrogen-bond acceptors (Lipinski definition) is 7. The molecule has 1 N–H and O–H groups in total. The van der Waals surface area contributed by atoms with Crippen LogP contribution < -0.4 is 5.32 Å². The van der Waals surface area contributed by atoms with Gasteiger partial charge in [0.15, 0.2) is 10.8 Å². The van der Waals surface area contributed by atoms with Crippen molar-refractivity contribution in [3.8, 4) is 0 Å². The molecule has 3 aromatic heterocycles. The smallest absolute Gasteiger partial charge is 0.417 e. The number of pyridine rings is 1. The first kappa shape index (κ1) is 23.4. The SMILES string of the molecule is CCOC(=O)c1c(NC(=O)CSc2nnc3c(Cl)cc(C(F)(F)F)cn23)sc(C)c1C. The lowest BCUT2D eigenvalue weighted by Gasteiger charge is -2.09. The molecule has 0 radical (unpaired) electrons. The van der Waals surface area contributed by atoms with Gasteiger partial charge in [0.05, 0.1) is 28.5 Å². The summed E-state index contributed by atoms with van der Waals surface area (Å²) in [4.78, 5) is 25.5. The number of alkyl halides is 3. The van der Waals surface area contributed by atoms with E-state index in [9.17, 15) is 22.8 Å². The molecule has 0 aliphatic heterocycles. The van der Waals surface area contributed by atoms with Gasteiger partial charge in [0, 0.05) is 11.1 Å². The van der Waals surface area contributed by atoms with Crippen LogP contribution in [-0.4, -0.2) is 38.8 Å². The largest absolute Gasteiger partial charge is 0.462 e. The van der Waals surface area contributed by atoms with E-state index >= 15 is 0 Å². The molecule has 0 atom stereocenters. The number of hydrogen-bond donors (Lipinski definition) is 1. The summed E-state index contributed by atoms with van der Waals surface area (Å²) >= 11 is 8.01. The number of ether oxygens (including phenoxy) is 1. The van der Waals surface area contributed by atoms with Crippen molar-refractivity contribution in [1.82, 2.24) is 14.6 Å². The van der Waals surface area contributed by atoms with Gasteiger partial charge in [0.1, 0.15) is 5.00 Å². The summed E-state index contributed by atoms with van der Waals surface area (Å²) in [6, 6.07) is 0.769. The van der Waals surface area contributed by atoms with Gasteiger partial charge in [0.25, 0.3) is 0 Å². The molecule has 0 aromatic carbocycles. The zero-order valence-electron chi connectivity index (χ0n) is 16.5. The normalized spacial score (nSPS) is 11.7. The van der Waals surface area contributed by atoms with Gasteiger partial charge in [-0.3, -0.25) is 9.20 Å². The first-order chi connectivity index (χ1) is 14.5. The van der Waals surface area contributed by atoms with Gasteiger partial charge >= 0.3 is 12.1 Å². The molecule has 0 saturated heterocycles. The van der Waals surface area contributed by atoms with E-state index in [-0.39, 0.29) is 33.7 Å². The van der Waals surface area contributed by atoms with Gasteiger partial charge in [-0.05, 0) is 32.4 Å². The highest BCUT2D eigenvalue weighted by Crippen LogP contribution is 2.34. The maximum absolute atomic E-state index is 13.1. The highest BCUT2D eigenvalue weighted by Gasteiger charge is 2.32. The summed E-state index contributed by atoms with van der Waals surface area (Å²) in [5.41, 5.74) is 0.0906. The van der Waals surface area contributed by atoms with Crippen LogP contribution in [0.25, 0.3) is 5.65 Å². The highest BCUT2D eigenvalue weighted by atomic mass is 35.5. The average Bonchev–Trinajstić information content (AvgIpc) is 3.21. The molecule has 0 unspecified atom stereocenters. The second-order valence-corrected chi connectivity index (χ2v) is 8.87. The number of amides is 1. The fraction of sp³-hybridized carbons (Fsp3) is 0.333. The Hall–Kier alpha value is -2.31. The molecular formula is C18H16ClF3N4O3S2. The molecule has 7 nitrogen and oxygen atoms in total. The Bertz CT molecular complexity index is 1160. The van der Waals surface area contributed by atoms with Crippen LogP contribution in [0.4, 0.5) is 18.2 Å². The maximum Gasteiger partial charge on any atom is 0.417 e. The molecule has 0 aliphatic carbocycles. The Morgan fingerprint density at radius 3 is 2.68 bits per heavy atom. The molecule has 13 heteroatoms. The van der Waals surface area contributed by atoms with Gasteiger partial charge in [-0.25, -0.2) is 4.79 Å². The van der Waals surface area contributed by atoms with Gasteiger partial charge < -0.3 is 10.1 Å². The number of halogens is 4. The van der Waals surface area contributed by atoms with Crippen molar-refractivity contribution in [1.29, 1.82) is 0 Å². The number of fused-ring (bicyclic) bond motifs is 1. The summed E-state index contributed by atoms with van der Waals surface area (Å²) in [5, 5.41) is 10.5. The van der Waals surface area contributed by atoms with Crippen LogP contribution in [0, 0.1) is 13.8 Å². The van der Waals surface area contributed by atoms with Gasteiger partial charge in [-0.15, -0.1) is 21.5 Å². The van der Waals surface area contributed by atoms with Crippen molar-refractivity contribution < 1.29 is 27.5 Å². The standard InChI is InChI=1S/C18H16ClF3N4O3S2/c1-4-29-16(28)13-8(2)9(3)31-15(13)23-12(27)7-30-17-25-24-14-11(19)5-10(6-26(14)17)18(20,21)22/h5-6H,4,7H2,1-3H3,(H,23,27). The molecule has 0 aliphatic rings. The van der Waals surface area contributed by atoms with Gasteiger partial charge in [-0.1, -0.05) is 23.4 Å². The van der Waals surface area contributed by atoms with Gasteiger partial charge in [0.2, 0.25) is 5.91 Å². The molecule has 1 amide bonds. The van der Waals surface area contributed by atoms with E-state index in [2.05, 4.69) is 15.5 Å². The van der Waals surface area contributed by atoms with Crippen molar-refractivity contribution in [3.05, 3.63) is 38.9 Å². The Morgan fingerprint density at radius 1 is 1.32 bits per heavy atom. The number of esters is 1. The second kappa shape index (κ2) is 9.05. The Morgan fingerprint density at radius 2 is 2.03 bits per heavy atom. The maximum atomic E-state index is 13.1. The third-order valence-corrected chi connectivity index (χ3v) is 6.55. The molecule has 0 fully saturated rings. The average molecular weight is 493 g/mol. The van der Waals surface area contributed by atoms with Crippen LogP contribution in [-0.2, 0) is 15.7 Å². The summed E-state index contributed by atoms with van der Waals surface area (Å²) in [7, 11) is 0. The zero-order valence-corrected chi connectivity index (χ0v) is 18.9. The topological polar surface area (TPSA) is 85.6 Å². The fourth-order valence-corrected chi connectivity index (χ4v) is 4.66. The van der Waals surface area contributed by atoms with Crippen molar-refractivity contribution in [2.45, 2.75) is 32.1 Å². The molecule has 0 saturated carbocycles. The van der Waals surface area contributed by atoms with Crippen LogP contribution in [0.3, 0.4) is 0 Å². The Kier molecular flexibility index (Phi) is 6.82. The molecule has 0 spiro atoms. The minimum atomic E-state index is -4.60. The van der Waals surface area contributed by atoms with E-state index in [1.165, 1.54) is 11.3 Å². The predicted octanol–water partition coefficient (Wildman–Crippen LogP) is 4.99. The van der Waals surface area contributed by atoms with E-state index in [1.54, 1.807) is 13.8 Å². The molecular weight excluding hydrogens is 477 g/mol. The quantitative estimate of drug-likeness (QED) is 0.385. The van der Waals surface area contributed by atoms with E-state index in [1.807, 2.05) is 6.92 Å². The van der Waals surface area contributed by atoms with Crippen LogP contribution in [0.1, 0.15) is 33.3 Å². The number of nitrogens with one attached hydrogen (secondary N) is 1. The molecule has 0 bridgehead atoms. The van der Waals surface area contributed by atoms with E-state index in [4.69, 9.17) is 16.3 Å². The lowest BCUT2D eigenvalue weighted by molar-refractivity contribution is -0.137. The number of rotatable bonds is 6. The van der Waals surface area contributed by atoms with E-state index < -0.39 is 23.6 Å². The number of thiophene rings is 1. The third kappa shape index (κ3) is 4.96. The van der Waals surface area contributed by atoms with Crippen molar-refractivity contribution >= 4 is 57.2 Å². The van der Waals surface area contributed by atoms with Gasteiger partial charge in [-0.2, -0.15) is 13.2 Å². The molecule has 3 heterocycles. The van der Waals surface area contributed by atoms with Crippen LogP contribution in [0.2, 0.25) is 5.02 Å². The molecule has 3 aromatic rings. The third-order valence-electron chi connectivity index (χ3n) is 4.21. The number of aromatic nitrogens is 3. The lowest BCUT2D eigenvalue weighted by Crippen LogP contribution is -2.16. The summed E-state index contributed by atoms with van der Waals surface area (Å²) < 4.78 is 45.3. The highest BCUT2D eigenvalue weighted by molar-refractivity contribution is 7.99. The lowest BCUT2D eigenvalue weighted by atomic mass is 10.1. The summed E-state index contributed by atoms with van der Waals surface area (Å²) in [6.07, 6.45) is -3.77. The summed E-state index contributed by atoms with van der Waals surface area (Å²) in [6.45, 7) is 5.45. The van der Waals surface area contributed by atoms with E-state index in [0.29, 0.717) is 10.6 Å². The van der Waals surface area contributed by atoms with Crippen molar-refractivity contribution in [2.24, 2.45) is 0 Å². The number of anilines is 1. The zero-order chi connectivity index (χ0) is 22.9. The number of aryl methyl sites for hydroxylation is 1. The second-order valence-electron chi connectivity index (χ2n) is 6.30.